The van der Waals surface area contributed by atoms with Crippen molar-refractivity contribution in [3.05, 3.63) is 59.3 Å². The first-order valence-corrected chi connectivity index (χ1v) is 11.4. The number of urea groups is 1. The molecular formula is C24H22ClF2N3O4. The first kappa shape index (κ1) is 22.5. The zero-order chi connectivity index (χ0) is 24.2. The molecule has 34 heavy (non-hydrogen) atoms. The van der Waals surface area contributed by atoms with Crippen molar-refractivity contribution in [2.24, 2.45) is 0 Å². The number of imide groups is 1. The molecule has 178 valence electrons. The molecule has 3 amide bonds. The number of alkyl halides is 3. The second kappa shape index (κ2) is 8.16. The van der Waals surface area contributed by atoms with Crippen LogP contribution < -0.4 is 4.74 Å². The third-order valence-corrected chi connectivity index (χ3v) is 6.83. The number of hydrogen-bond donors (Lipinski definition) is 2. The van der Waals surface area contributed by atoms with E-state index in [1.807, 2.05) is 0 Å². The highest BCUT2D eigenvalue weighted by Gasteiger charge is 2.60. The number of carbonyl (C=O) groups excluding carboxylic acids is 2. The molecule has 2 atom stereocenters. The number of phenolic OH excluding ortho intramolecular Hbond substituents is 1. The molecule has 2 aliphatic rings. The Kier molecular flexibility index (Phi) is 5.39. The molecule has 0 spiro atoms. The van der Waals surface area contributed by atoms with Crippen molar-refractivity contribution < 1.29 is 28.2 Å². The first-order valence-electron chi connectivity index (χ1n) is 10.8. The van der Waals surface area contributed by atoms with Crippen molar-refractivity contribution >= 4 is 34.4 Å². The topological polar surface area (TPSA) is 85.9 Å². The molecule has 5 rings (SSSR count). The Morgan fingerprint density at radius 3 is 2.76 bits per heavy atom. The van der Waals surface area contributed by atoms with Crippen molar-refractivity contribution in [1.29, 1.82) is 0 Å². The number of aromatic nitrogens is 1. The predicted octanol–water partition coefficient (Wildman–Crippen LogP) is 4.77. The number of fused-ring (bicyclic) bond motifs is 4. The molecule has 1 aromatic heterocycles. The highest BCUT2D eigenvalue weighted by Crippen LogP contribution is 2.49. The Labute approximate surface area is 198 Å². The lowest BCUT2D eigenvalue weighted by Gasteiger charge is -2.42. The van der Waals surface area contributed by atoms with Gasteiger partial charge in [0.15, 0.2) is 0 Å². The number of halogens is 3. The van der Waals surface area contributed by atoms with Gasteiger partial charge in [-0.3, -0.25) is 14.6 Å². The molecule has 0 aliphatic carbocycles. The number of aromatic amines is 1. The van der Waals surface area contributed by atoms with Crippen LogP contribution in [-0.4, -0.2) is 56.4 Å². The Bertz CT molecular complexity index is 1300. The highest BCUT2D eigenvalue weighted by molar-refractivity contribution is 6.18. The summed E-state index contributed by atoms with van der Waals surface area (Å²) < 4.78 is 30.2. The van der Waals surface area contributed by atoms with Gasteiger partial charge in [-0.1, -0.05) is 12.1 Å². The van der Waals surface area contributed by atoms with Gasteiger partial charge >= 0.3 is 12.6 Å². The van der Waals surface area contributed by atoms with Gasteiger partial charge in [0, 0.05) is 35.4 Å². The Morgan fingerprint density at radius 1 is 1.26 bits per heavy atom. The van der Waals surface area contributed by atoms with Crippen LogP contribution >= 0.6 is 11.6 Å². The van der Waals surface area contributed by atoms with E-state index >= 15 is 0 Å². The average Bonchev–Trinajstić information content (AvgIpc) is 3.22. The minimum Gasteiger partial charge on any atom is -0.508 e. The lowest BCUT2D eigenvalue weighted by molar-refractivity contribution is -0.133. The SMILES string of the molecule is CC12Cc3c([nH]c4ccc(OC(F)F)cc34)C(c3cccc(O)c3)N1C(=O)N(CCCCl)C2=O. The highest BCUT2D eigenvalue weighted by atomic mass is 35.5. The molecule has 1 fully saturated rings. The predicted molar refractivity (Wildman–Crippen MR) is 121 cm³/mol. The summed E-state index contributed by atoms with van der Waals surface area (Å²) in [6.45, 7) is -1.06. The molecule has 1 saturated heterocycles. The summed E-state index contributed by atoms with van der Waals surface area (Å²) in [6, 6.07) is 9.97. The summed E-state index contributed by atoms with van der Waals surface area (Å²) in [5.41, 5.74) is 1.47. The summed E-state index contributed by atoms with van der Waals surface area (Å²) in [6.07, 6.45) is 0.653. The number of benzene rings is 2. The summed E-state index contributed by atoms with van der Waals surface area (Å²) in [5.74, 6) is -0.0106. The number of nitrogens with zero attached hydrogens (tertiary/aromatic N) is 2. The molecule has 0 saturated carbocycles. The maximum Gasteiger partial charge on any atom is 0.387 e. The fourth-order valence-corrected chi connectivity index (χ4v) is 5.24. The van der Waals surface area contributed by atoms with Gasteiger partial charge in [0.1, 0.15) is 23.1 Å². The number of nitrogens with one attached hydrogen (secondary N) is 1. The molecule has 2 aliphatic heterocycles. The number of phenols is 1. The molecule has 7 nitrogen and oxygen atoms in total. The number of H-pyrrole nitrogens is 1. The van der Waals surface area contributed by atoms with Crippen LogP contribution in [0.4, 0.5) is 13.6 Å². The van der Waals surface area contributed by atoms with Crippen molar-refractivity contribution in [1.82, 2.24) is 14.8 Å². The molecule has 3 aromatic rings. The summed E-state index contributed by atoms with van der Waals surface area (Å²) >= 11 is 5.82. The van der Waals surface area contributed by atoms with Gasteiger partial charge in [-0.25, -0.2) is 4.79 Å². The van der Waals surface area contributed by atoms with E-state index in [4.69, 9.17) is 11.6 Å². The largest absolute Gasteiger partial charge is 0.508 e. The van der Waals surface area contributed by atoms with Gasteiger partial charge < -0.3 is 14.8 Å². The fraction of sp³-hybridized carbons (Fsp3) is 0.333. The summed E-state index contributed by atoms with van der Waals surface area (Å²) in [7, 11) is 0. The van der Waals surface area contributed by atoms with E-state index in [-0.39, 0.29) is 30.4 Å². The number of aromatic hydroxyl groups is 1. The lowest BCUT2D eigenvalue weighted by atomic mass is 9.81. The van der Waals surface area contributed by atoms with Gasteiger partial charge in [0.25, 0.3) is 5.91 Å². The van der Waals surface area contributed by atoms with Crippen molar-refractivity contribution in [3.8, 4) is 11.5 Å². The van der Waals surface area contributed by atoms with E-state index in [1.54, 1.807) is 36.1 Å². The maximum absolute atomic E-state index is 13.5. The quantitative estimate of drug-likeness (QED) is 0.386. The summed E-state index contributed by atoms with van der Waals surface area (Å²) in [4.78, 5) is 33.2. The van der Waals surface area contributed by atoms with Crippen LogP contribution in [0.5, 0.6) is 11.5 Å². The van der Waals surface area contributed by atoms with Crippen molar-refractivity contribution in [2.75, 3.05) is 12.4 Å². The molecule has 2 unspecified atom stereocenters. The van der Waals surface area contributed by atoms with E-state index in [0.717, 1.165) is 5.56 Å². The van der Waals surface area contributed by atoms with Crippen LogP contribution in [-0.2, 0) is 11.2 Å². The Hall–Kier alpha value is -3.33. The number of carbonyl (C=O) groups is 2. The van der Waals surface area contributed by atoms with Crippen LogP contribution in [0.3, 0.4) is 0 Å². The van der Waals surface area contributed by atoms with Crippen LogP contribution in [0, 0.1) is 0 Å². The lowest BCUT2D eigenvalue weighted by Crippen LogP contribution is -2.53. The van der Waals surface area contributed by atoms with Crippen LogP contribution in [0.25, 0.3) is 10.9 Å². The number of hydrogen-bond acceptors (Lipinski definition) is 4. The maximum atomic E-state index is 13.5. The third-order valence-electron chi connectivity index (χ3n) is 6.56. The molecule has 10 heteroatoms. The Balaban J connectivity index is 1.71. The monoisotopic (exact) mass is 489 g/mol. The minimum absolute atomic E-state index is 0.00310. The standard InChI is InChI=1S/C24H22ClF2N3O4/c1-24-12-17-16-11-15(34-22(26)27)6-7-18(16)28-19(17)20(13-4-2-5-14(31)10-13)30(24)23(33)29(21(24)32)9-3-8-25/h2,4-7,10-11,20,22,28,31H,3,8-9,12H2,1H3. The van der Waals surface area contributed by atoms with Gasteiger partial charge in [0.05, 0.1) is 0 Å². The second-order valence-electron chi connectivity index (χ2n) is 8.70. The summed E-state index contributed by atoms with van der Waals surface area (Å²) in [5, 5.41) is 10.8. The van der Waals surface area contributed by atoms with E-state index < -0.39 is 24.2 Å². The molecule has 0 radical (unpaired) electrons. The van der Waals surface area contributed by atoms with Gasteiger partial charge in [-0.15, -0.1) is 11.6 Å². The van der Waals surface area contributed by atoms with Gasteiger partial charge in [0.2, 0.25) is 0 Å². The van der Waals surface area contributed by atoms with Crippen LogP contribution in [0.1, 0.15) is 36.2 Å². The van der Waals surface area contributed by atoms with E-state index in [2.05, 4.69) is 9.72 Å². The molecule has 0 bridgehead atoms. The Morgan fingerprint density at radius 2 is 2.06 bits per heavy atom. The number of ether oxygens (including phenoxy) is 1. The minimum atomic E-state index is -2.97. The normalized spacial score (nSPS) is 22.0. The number of amides is 3. The molecule has 2 N–H and O–H groups in total. The average molecular weight is 490 g/mol. The van der Waals surface area contributed by atoms with E-state index in [0.29, 0.717) is 34.5 Å². The zero-order valence-corrected chi connectivity index (χ0v) is 19.0. The van der Waals surface area contributed by atoms with Crippen molar-refractivity contribution in [3.63, 3.8) is 0 Å². The number of rotatable bonds is 6. The van der Waals surface area contributed by atoms with Gasteiger partial charge in [-0.2, -0.15) is 8.78 Å². The molecule has 3 heterocycles. The first-order chi connectivity index (χ1) is 16.2. The van der Waals surface area contributed by atoms with Gasteiger partial charge in [-0.05, 0) is 54.8 Å². The smallest absolute Gasteiger partial charge is 0.387 e. The van der Waals surface area contributed by atoms with E-state index in [9.17, 15) is 23.5 Å². The molecular weight excluding hydrogens is 468 g/mol. The second-order valence-corrected chi connectivity index (χ2v) is 9.08. The van der Waals surface area contributed by atoms with Crippen molar-refractivity contribution in [2.45, 2.75) is 38.0 Å². The fourth-order valence-electron chi connectivity index (χ4n) is 5.12. The molecule has 2 aromatic carbocycles. The third kappa shape index (κ3) is 3.37. The van der Waals surface area contributed by atoms with Crippen LogP contribution in [0.2, 0.25) is 0 Å². The zero-order valence-electron chi connectivity index (χ0n) is 18.2. The van der Waals surface area contributed by atoms with Crippen LogP contribution in [0.15, 0.2) is 42.5 Å². The van der Waals surface area contributed by atoms with E-state index in [1.165, 1.54) is 23.1 Å².